The summed E-state index contributed by atoms with van der Waals surface area (Å²) in [5, 5.41) is 0. The fraction of sp³-hybridized carbons (Fsp3) is 0.250. The molecule has 2 aromatic rings. The lowest BCUT2D eigenvalue weighted by Gasteiger charge is -2.36. The van der Waals surface area contributed by atoms with E-state index in [2.05, 4.69) is 223 Å². The highest BCUT2D eigenvalue weighted by molar-refractivity contribution is 9.26. The summed E-state index contributed by atoms with van der Waals surface area (Å²) in [6.45, 7) is 1.84. The molecule has 0 spiro atoms. The van der Waals surface area contributed by atoms with E-state index in [1.165, 1.54) is 0 Å². The Morgan fingerprint density at radius 2 is 0.882 bits per heavy atom. The van der Waals surface area contributed by atoms with Crippen molar-refractivity contribution in [1.82, 2.24) is 0 Å². The first-order chi connectivity index (χ1) is 15.4. The summed E-state index contributed by atoms with van der Waals surface area (Å²) < 4.78 is 30.5. The molecule has 0 aliphatic carbocycles. The van der Waals surface area contributed by atoms with Crippen LogP contribution in [0.3, 0.4) is 0 Å². The molecule has 0 saturated heterocycles. The first-order valence-corrected chi connectivity index (χ1v) is 20.8. The van der Waals surface area contributed by atoms with E-state index in [-0.39, 0.29) is 6.61 Å². The van der Waals surface area contributed by atoms with Gasteiger partial charge in [-0.15, -0.1) is 0 Å². The Hall–Kier alpha value is 5.31. The molecule has 0 aliphatic heterocycles. The predicted molar refractivity (Wildman–Crippen MR) is 189 cm³/mol. The van der Waals surface area contributed by atoms with Crippen LogP contribution in [0.15, 0.2) is 44.7 Å². The summed E-state index contributed by atoms with van der Waals surface area (Å²) in [4.78, 5) is 0. The fourth-order valence-electron chi connectivity index (χ4n) is 2.40. The molecule has 3 nitrogen and oxygen atoms in total. The van der Waals surface area contributed by atoms with Gasteiger partial charge < -0.3 is 4.52 Å². The molecule has 1 atom stereocenters. The van der Waals surface area contributed by atoms with E-state index in [1.807, 2.05) is 0 Å². The van der Waals surface area contributed by atoms with Gasteiger partial charge in [0.15, 0.2) is 0 Å². The molecule has 0 fully saturated rings. The minimum Gasteiger partial charge on any atom is -0.307 e. The summed E-state index contributed by atoms with van der Waals surface area (Å²) in [6.07, 6.45) is 0. The Morgan fingerprint density at radius 1 is 0.588 bits per heavy atom. The molecule has 0 aromatic heterocycles. The lowest BCUT2D eigenvalue weighted by Crippen LogP contribution is -2.23. The minimum atomic E-state index is -4.08. The van der Waals surface area contributed by atoms with Crippen molar-refractivity contribution >= 4 is 231 Å². The third-order valence-electron chi connectivity index (χ3n) is 3.89. The Bertz CT molecular complexity index is 1140. The summed E-state index contributed by atoms with van der Waals surface area (Å²) in [5.74, 6) is 0. The van der Waals surface area contributed by atoms with Crippen molar-refractivity contribution in [2.75, 3.05) is 6.61 Å². The molecule has 1 unspecified atom stereocenters. The first-order valence-electron chi connectivity index (χ1n) is 8.12. The van der Waals surface area contributed by atoms with E-state index in [9.17, 15) is 4.57 Å². The highest BCUT2D eigenvalue weighted by Crippen LogP contribution is 2.77. The van der Waals surface area contributed by atoms with Crippen LogP contribution in [0, 0.1) is 0 Å². The number of benzene rings is 2. The predicted octanol–water partition coefficient (Wildman–Crippen LogP) is 15.1. The summed E-state index contributed by atoms with van der Waals surface area (Å²) in [7, 11) is -4.08. The van der Waals surface area contributed by atoms with Crippen molar-refractivity contribution in [2.45, 2.75) is 13.3 Å². The lowest BCUT2D eigenvalue weighted by atomic mass is 10.2. The molecule has 0 amide bonds. The molecular weight excluding hydrogens is 1390 g/mol. The fourth-order valence-corrected chi connectivity index (χ4v) is 17.4. The number of hydrogen-bond acceptors (Lipinski definition) is 3. The topological polar surface area (TPSA) is 35.5 Å². The molecule has 0 aliphatic rings. The molecule has 0 saturated carbocycles. The van der Waals surface area contributed by atoms with Gasteiger partial charge in [-0.2, -0.15) is 0 Å². The van der Waals surface area contributed by atoms with Crippen molar-refractivity contribution in [1.29, 1.82) is 0 Å². The van der Waals surface area contributed by atoms with Gasteiger partial charge >= 0.3 is 7.60 Å². The SMILES string of the molecule is CCOP(=O)(OC(Br)(Br)c1c(Br)c(Br)c(Br)c(Br)c1Br)C(Br)(Br)c1c(Br)c(Br)c(Br)c(Br)c1Br. The Balaban J connectivity index is 2.80. The highest BCUT2D eigenvalue weighted by Gasteiger charge is 2.56. The van der Waals surface area contributed by atoms with Gasteiger partial charge in [0, 0.05) is 55.9 Å². The number of rotatable bonds is 7. The summed E-state index contributed by atoms with van der Waals surface area (Å²) in [6, 6.07) is 0. The largest absolute Gasteiger partial charge is 0.364 e. The molecular formula is C16H5Br14O3P. The Morgan fingerprint density at radius 3 is 1.21 bits per heavy atom. The van der Waals surface area contributed by atoms with Crippen LogP contribution in [-0.4, -0.2) is 6.61 Å². The van der Waals surface area contributed by atoms with Crippen molar-refractivity contribution in [3.63, 3.8) is 0 Å². The van der Waals surface area contributed by atoms with Crippen molar-refractivity contribution < 1.29 is 13.6 Å². The van der Waals surface area contributed by atoms with Gasteiger partial charge in [-0.1, -0.05) is 31.9 Å². The van der Waals surface area contributed by atoms with Crippen LogP contribution < -0.4 is 0 Å². The van der Waals surface area contributed by atoms with E-state index in [0.29, 0.717) is 46.9 Å². The van der Waals surface area contributed by atoms with E-state index < -0.39 is 14.0 Å². The lowest BCUT2D eigenvalue weighted by molar-refractivity contribution is 0.186. The molecule has 34 heavy (non-hydrogen) atoms. The van der Waals surface area contributed by atoms with E-state index in [0.717, 1.165) is 8.95 Å². The zero-order chi connectivity index (χ0) is 26.5. The quantitative estimate of drug-likeness (QED) is 0.120. The average Bonchev–Trinajstić information content (AvgIpc) is 2.73. The van der Waals surface area contributed by atoms with Crippen LogP contribution in [0.1, 0.15) is 18.1 Å². The smallest absolute Gasteiger partial charge is 0.307 e. The molecule has 0 radical (unpaired) electrons. The molecule has 18 heteroatoms. The normalized spacial score (nSPS) is 14.4. The molecule has 2 aromatic carbocycles. The van der Waals surface area contributed by atoms with Gasteiger partial charge in [-0.25, -0.2) is 0 Å². The van der Waals surface area contributed by atoms with Crippen molar-refractivity contribution in [2.24, 2.45) is 0 Å². The maximum absolute atomic E-state index is 14.6. The second-order valence-electron chi connectivity index (χ2n) is 5.95. The Kier molecular flexibility index (Phi) is 14.3. The van der Waals surface area contributed by atoms with Crippen LogP contribution in [0.25, 0.3) is 0 Å². The van der Waals surface area contributed by atoms with Crippen LogP contribution >= 0.6 is 231 Å². The van der Waals surface area contributed by atoms with Gasteiger partial charge in [0.2, 0.25) is 6.39 Å². The first kappa shape index (κ1) is 35.5. The van der Waals surface area contributed by atoms with Gasteiger partial charge in [0.1, 0.15) is 0 Å². The van der Waals surface area contributed by atoms with Crippen LogP contribution in [0.5, 0.6) is 0 Å². The minimum absolute atomic E-state index is 0.108. The highest BCUT2D eigenvalue weighted by atomic mass is 79.9. The summed E-state index contributed by atoms with van der Waals surface area (Å²) in [5.41, 5.74) is 1.08. The molecule has 0 bridgehead atoms. The van der Waals surface area contributed by atoms with Gasteiger partial charge in [-0.3, -0.25) is 9.09 Å². The van der Waals surface area contributed by atoms with Crippen molar-refractivity contribution in [3.05, 3.63) is 55.9 Å². The number of alkyl halides is 4. The van der Waals surface area contributed by atoms with Crippen LogP contribution in [0.4, 0.5) is 0 Å². The third-order valence-corrected chi connectivity index (χ3v) is 23.1. The zero-order valence-electron chi connectivity index (χ0n) is 15.7. The molecule has 190 valence electrons. The third kappa shape index (κ3) is 6.92. The van der Waals surface area contributed by atoms with E-state index in [1.54, 1.807) is 6.92 Å². The second kappa shape index (κ2) is 13.7. The summed E-state index contributed by atoms with van der Waals surface area (Å²) >= 11 is 50.0. The molecule has 2 rings (SSSR count). The molecule has 0 heterocycles. The van der Waals surface area contributed by atoms with Gasteiger partial charge in [0.25, 0.3) is 0 Å². The van der Waals surface area contributed by atoms with Gasteiger partial charge in [-0.05, 0) is 198 Å². The average molecular weight is 1390 g/mol. The van der Waals surface area contributed by atoms with E-state index in [4.69, 9.17) is 9.05 Å². The zero-order valence-corrected chi connectivity index (χ0v) is 38.8. The maximum atomic E-state index is 14.6. The van der Waals surface area contributed by atoms with E-state index >= 15 is 0 Å². The van der Waals surface area contributed by atoms with Crippen LogP contribution in [0.2, 0.25) is 0 Å². The Labute approximate surface area is 314 Å². The van der Waals surface area contributed by atoms with Crippen LogP contribution in [-0.2, 0) is 20.0 Å². The van der Waals surface area contributed by atoms with Gasteiger partial charge in [0.05, 0.1) is 6.61 Å². The number of halogens is 14. The second-order valence-corrected chi connectivity index (χ2v) is 24.0. The maximum Gasteiger partial charge on any atom is 0.364 e. The van der Waals surface area contributed by atoms with Crippen molar-refractivity contribution in [3.8, 4) is 0 Å². The monoisotopic (exact) mass is 1380 g/mol. The number of hydrogen-bond donors (Lipinski definition) is 0. The molecule has 0 N–H and O–H groups in total. The standard InChI is InChI=1S/C16H5Br14O3P/c1-2-32-34(31,16(29,30)4-7(19)11(23)14(26)12(24)8(4)20)33-15(27,28)3-5(17)9(21)13(25)10(22)6(3)18/h2H2,1H3.